The normalized spacial score (nSPS) is 14.5. The third-order valence-electron chi connectivity index (χ3n) is 6.76. The molecule has 1 unspecified atom stereocenters. The molecule has 6 nitrogen and oxygen atoms in total. The van der Waals surface area contributed by atoms with Gasteiger partial charge in [-0.15, -0.1) is 0 Å². The van der Waals surface area contributed by atoms with E-state index >= 15 is 0 Å². The van der Waals surface area contributed by atoms with Crippen LogP contribution in [0.25, 0.3) is 0 Å². The van der Waals surface area contributed by atoms with E-state index in [1.165, 1.54) is 0 Å². The Labute approximate surface area is 241 Å². The summed E-state index contributed by atoms with van der Waals surface area (Å²) in [7, 11) is 0. The van der Waals surface area contributed by atoms with Crippen molar-refractivity contribution in [1.82, 2.24) is 5.32 Å². The highest BCUT2D eigenvalue weighted by atomic mass is 16.6. The van der Waals surface area contributed by atoms with Crippen molar-refractivity contribution in [1.29, 1.82) is 0 Å². The van der Waals surface area contributed by atoms with Gasteiger partial charge < -0.3 is 14.8 Å². The predicted octanol–water partition coefficient (Wildman–Crippen LogP) is 8.26. The lowest BCUT2D eigenvalue weighted by Crippen LogP contribution is -2.47. The van der Waals surface area contributed by atoms with E-state index in [1.807, 2.05) is 13.8 Å². The maximum absolute atomic E-state index is 13.1. The van der Waals surface area contributed by atoms with Crippen molar-refractivity contribution in [2.45, 2.75) is 160 Å². The minimum Gasteiger partial charge on any atom is -0.462 e. The van der Waals surface area contributed by atoms with Crippen molar-refractivity contribution in [2.75, 3.05) is 6.61 Å². The largest absolute Gasteiger partial charge is 0.462 e. The van der Waals surface area contributed by atoms with Crippen LogP contribution in [0.5, 0.6) is 0 Å². The van der Waals surface area contributed by atoms with Crippen LogP contribution in [0.4, 0.5) is 0 Å². The molecule has 0 radical (unpaired) electrons. The van der Waals surface area contributed by atoms with E-state index in [2.05, 4.69) is 95.3 Å². The summed E-state index contributed by atoms with van der Waals surface area (Å²) in [5.74, 6) is -0.941. The van der Waals surface area contributed by atoms with Gasteiger partial charge in [-0.3, -0.25) is 14.4 Å². The molecule has 0 aromatic heterocycles. The SMILES string of the molecule is CCC(C)(C)CC(C)(C)NC(=O)CC(COC(=O)CC(C)(C)CC(C)(C)C)OC(=O)CC(C)(C)CC(C)(C)C. The minimum absolute atomic E-state index is 0.0555. The Morgan fingerprint density at radius 2 is 1.08 bits per heavy atom. The molecule has 0 aliphatic carbocycles. The molecule has 6 heteroatoms. The smallest absolute Gasteiger partial charge is 0.306 e. The molecule has 1 N–H and O–H groups in total. The quantitative estimate of drug-likeness (QED) is 0.206. The highest BCUT2D eigenvalue weighted by Crippen LogP contribution is 2.37. The summed E-state index contributed by atoms with van der Waals surface area (Å²) >= 11 is 0. The van der Waals surface area contributed by atoms with Crippen LogP contribution < -0.4 is 5.32 Å². The molecule has 0 fully saturated rings. The lowest BCUT2D eigenvalue weighted by Gasteiger charge is -2.35. The van der Waals surface area contributed by atoms with Crippen LogP contribution in [0, 0.1) is 27.1 Å². The Morgan fingerprint density at radius 3 is 1.49 bits per heavy atom. The number of hydrogen-bond acceptors (Lipinski definition) is 5. The standard InChI is InChI=1S/C33H63NO5/c1-16-30(8,9)23-33(14,15)34-25(35)17-24(39-27(37)19-32(12,13)22-29(5,6)7)20-38-26(36)18-31(10,11)21-28(2,3)4/h24H,16-23H2,1-15H3,(H,34,35). The van der Waals surface area contributed by atoms with Crippen molar-refractivity contribution in [3.63, 3.8) is 0 Å². The molecular formula is C33H63NO5. The molecule has 39 heavy (non-hydrogen) atoms. The summed E-state index contributed by atoms with van der Waals surface area (Å²) < 4.78 is 11.4. The number of ether oxygens (including phenoxy) is 2. The number of hydrogen-bond donors (Lipinski definition) is 1. The van der Waals surface area contributed by atoms with Gasteiger partial charge in [0.15, 0.2) is 0 Å². The van der Waals surface area contributed by atoms with Gasteiger partial charge in [-0.25, -0.2) is 0 Å². The average molecular weight is 554 g/mol. The Morgan fingerprint density at radius 1 is 0.641 bits per heavy atom. The molecule has 0 heterocycles. The highest BCUT2D eigenvalue weighted by Gasteiger charge is 2.33. The van der Waals surface area contributed by atoms with Crippen LogP contribution in [0.3, 0.4) is 0 Å². The molecule has 0 aliphatic heterocycles. The van der Waals surface area contributed by atoms with Crippen LogP contribution in [-0.2, 0) is 23.9 Å². The van der Waals surface area contributed by atoms with Gasteiger partial charge in [0.05, 0.1) is 19.3 Å². The number of carbonyl (C=O) groups excluding carboxylic acids is 3. The summed E-state index contributed by atoms with van der Waals surface area (Å²) in [5.41, 5.74) is -0.686. The Hall–Kier alpha value is -1.59. The second-order valence-electron chi connectivity index (χ2n) is 17.3. The summed E-state index contributed by atoms with van der Waals surface area (Å²) in [5, 5.41) is 3.11. The van der Waals surface area contributed by atoms with E-state index in [9.17, 15) is 14.4 Å². The first-order chi connectivity index (χ1) is 17.1. The van der Waals surface area contributed by atoms with Gasteiger partial charge in [0.2, 0.25) is 5.91 Å². The molecule has 230 valence electrons. The number of rotatable bonds is 15. The average Bonchev–Trinajstić information content (AvgIpc) is 2.59. The zero-order chi connectivity index (χ0) is 31.1. The summed E-state index contributed by atoms with van der Waals surface area (Å²) in [6.07, 6.45) is 3.11. The zero-order valence-electron chi connectivity index (χ0n) is 28.3. The van der Waals surface area contributed by atoms with E-state index in [-0.39, 0.29) is 70.8 Å². The van der Waals surface area contributed by atoms with Crippen molar-refractivity contribution in [3.8, 4) is 0 Å². The first-order valence-corrected chi connectivity index (χ1v) is 14.8. The fourth-order valence-corrected chi connectivity index (χ4v) is 6.38. The van der Waals surface area contributed by atoms with Crippen LogP contribution >= 0.6 is 0 Å². The number of nitrogens with one attached hydrogen (secondary N) is 1. The monoisotopic (exact) mass is 553 g/mol. The van der Waals surface area contributed by atoms with Crippen LogP contribution in [-0.4, -0.2) is 36.1 Å². The third-order valence-corrected chi connectivity index (χ3v) is 6.76. The summed E-state index contributed by atoms with van der Waals surface area (Å²) in [4.78, 5) is 38.8. The van der Waals surface area contributed by atoms with Gasteiger partial charge in [-0.05, 0) is 60.2 Å². The minimum atomic E-state index is -0.840. The molecule has 0 rings (SSSR count). The Kier molecular flexibility index (Phi) is 13.3. The summed E-state index contributed by atoms with van der Waals surface area (Å²) in [6, 6.07) is 0. The van der Waals surface area contributed by atoms with Gasteiger partial charge in [0.1, 0.15) is 12.7 Å². The maximum atomic E-state index is 13.1. The molecule has 0 spiro atoms. The van der Waals surface area contributed by atoms with Gasteiger partial charge in [0.25, 0.3) is 0 Å². The van der Waals surface area contributed by atoms with Crippen molar-refractivity contribution in [3.05, 3.63) is 0 Å². The van der Waals surface area contributed by atoms with Crippen molar-refractivity contribution < 1.29 is 23.9 Å². The molecular weight excluding hydrogens is 490 g/mol. The molecule has 0 saturated heterocycles. The van der Waals surface area contributed by atoms with E-state index in [1.54, 1.807) is 0 Å². The maximum Gasteiger partial charge on any atom is 0.306 e. The molecule has 0 aromatic carbocycles. The van der Waals surface area contributed by atoms with E-state index in [0.717, 1.165) is 25.7 Å². The molecule has 0 aliphatic rings. The summed E-state index contributed by atoms with van der Waals surface area (Å²) in [6.45, 7) is 31.5. The van der Waals surface area contributed by atoms with Gasteiger partial charge in [-0.2, -0.15) is 0 Å². The highest BCUT2D eigenvalue weighted by molar-refractivity contribution is 5.78. The molecule has 0 bridgehead atoms. The van der Waals surface area contributed by atoms with Crippen LogP contribution in [0.1, 0.15) is 149 Å². The second kappa shape index (κ2) is 13.9. The van der Waals surface area contributed by atoms with Crippen molar-refractivity contribution >= 4 is 17.8 Å². The van der Waals surface area contributed by atoms with Crippen molar-refractivity contribution in [2.24, 2.45) is 27.1 Å². The Bertz CT molecular complexity index is 809. The lowest BCUT2D eigenvalue weighted by molar-refractivity contribution is -0.163. The fourth-order valence-electron chi connectivity index (χ4n) is 6.38. The molecule has 0 saturated carbocycles. The number of esters is 2. The zero-order valence-corrected chi connectivity index (χ0v) is 28.3. The molecule has 0 aromatic rings. The predicted molar refractivity (Wildman–Crippen MR) is 161 cm³/mol. The number of amides is 1. The molecule has 1 atom stereocenters. The molecule has 1 amide bonds. The number of carbonyl (C=O) groups is 3. The topological polar surface area (TPSA) is 81.7 Å². The van der Waals surface area contributed by atoms with Gasteiger partial charge >= 0.3 is 11.9 Å². The Balaban J connectivity index is 5.49. The van der Waals surface area contributed by atoms with Crippen LogP contribution in [0.15, 0.2) is 0 Å². The van der Waals surface area contributed by atoms with E-state index in [0.29, 0.717) is 0 Å². The lowest BCUT2D eigenvalue weighted by atomic mass is 9.74. The van der Waals surface area contributed by atoms with E-state index < -0.39 is 11.6 Å². The van der Waals surface area contributed by atoms with Gasteiger partial charge in [-0.1, -0.05) is 96.4 Å². The first kappa shape index (κ1) is 37.4. The fraction of sp³-hybridized carbons (Fsp3) is 0.909. The van der Waals surface area contributed by atoms with E-state index in [4.69, 9.17) is 9.47 Å². The second-order valence-corrected chi connectivity index (χ2v) is 17.3. The van der Waals surface area contributed by atoms with Crippen LogP contribution in [0.2, 0.25) is 0 Å². The van der Waals surface area contributed by atoms with Gasteiger partial charge in [0, 0.05) is 5.54 Å². The first-order valence-electron chi connectivity index (χ1n) is 14.8. The third kappa shape index (κ3) is 19.2.